The third-order valence-electron chi connectivity index (χ3n) is 3.23. The molecule has 0 aliphatic heterocycles. The van der Waals surface area contributed by atoms with Crippen molar-refractivity contribution in [2.45, 2.75) is 6.42 Å². The normalized spacial score (nSPS) is 10.0. The van der Waals surface area contributed by atoms with Gasteiger partial charge < -0.3 is 21.1 Å². The van der Waals surface area contributed by atoms with E-state index in [9.17, 15) is 14.7 Å². The summed E-state index contributed by atoms with van der Waals surface area (Å²) in [6.07, 6.45) is 0.812. The lowest BCUT2D eigenvalue weighted by molar-refractivity contribution is 0.0954. The lowest BCUT2D eigenvalue weighted by atomic mass is 10.2. The van der Waals surface area contributed by atoms with Gasteiger partial charge in [-0.25, -0.2) is 0 Å². The predicted octanol–water partition coefficient (Wildman–Crippen LogP) is 3.12. The number of hydrogen-bond acceptors (Lipinski definition) is 5. The van der Waals surface area contributed by atoms with Crippen LogP contribution in [-0.4, -0.2) is 37.1 Å². The van der Waals surface area contributed by atoms with Gasteiger partial charge in [-0.15, -0.1) is 23.7 Å². The molecule has 0 atom stereocenters. The number of benzene rings is 1. The minimum atomic E-state index is -0.504. The van der Waals surface area contributed by atoms with Gasteiger partial charge in [-0.1, -0.05) is 11.6 Å². The third kappa shape index (κ3) is 5.89. The smallest absolute Gasteiger partial charge is 0.260 e. The molecule has 0 radical (unpaired) electrons. The quantitative estimate of drug-likeness (QED) is 0.534. The highest BCUT2D eigenvalue weighted by Gasteiger charge is 2.17. The summed E-state index contributed by atoms with van der Waals surface area (Å²) < 4.78 is 0. The van der Waals surface area contributed by atoms with E-state index in [2.05, 4.69) is 16.0 Å². The molecule has 4 N–H and O–H groups in total. The van der Waals surface area contributed by atoms with Crippen LogP contribution in [0.3, 0.4) is 0 Å². The molecule has 1 aromatic carbocycles. The van der Waals surface area contributed by atoms with E-state index in [1.807, 2.05) is 7.05 Å². The number of rotatable bonds is 7. The number of aromatic hydroxyl groups is 1. The zero-order valence-corrected chi connectivity index (χ0v) is 15.9. The molecular formula is C16H19Cl2N3O3S. The highest BCUT2D eigenvalue weighted by atomic mass is 35.5. The van der Waals surface area contributed by atoms with Crippen molar-refractivity contribution >= 4 is 52.2 Å². The van der Waals surface area contributed by atoms with Gasteiger partial charge in [0.2, 0.25) is 0 Å². The first-order valence-corrected chi connectivity index (χ1v) is 8.59. The van der Waals surface area contributed by atoms with E-state index in [0.717, 1.165) is 13.0 Å². The number of halogens is 2. The van der Waals surface area contributed by atoms with E-state index in [4.69, 9.17) is 11.6 Å². The molecule has 1 heterocycles. The van der Waals surface area contributed by atoms with Crippen LogP contribution in [0.25, 0.3) is 0 Å². The van der Waals surface area contributed by atoms with Crippen molar-refractivity contribution in [2.75, 3.05) is 25.5 Å². The molecule has 0 spiro atoms. The first kappa shape index (κ1) is 21.2. The highest BCUT2D eigenvalue weighted by Crippen LogP contribution is 2.27. The van der Waals surface area contributed by atoms with E-state index < -0.39 is 5.91 Å². The first-order valence-electron chi connectivity index (χ1n) is 7.33. The van der Waals surface area contributed by atoms with E-state index >= 15 is 0 Å². The van der Waals surface area contributed by atoms with Crippen molar-refractivity contribution in [1.82, 2.24) is 10.6 Å². The minimum absolute atomic E-state index is 0. The Morgan fingerprint density at radius 2 is 1.92 bits per heavy atom. The van der Waals surface area contributed by atoms with Crippen molar-refractivity contribution in [1.29, 1.82) is 0 Å². The molecule has 136 valence electrons. The SMILES string of the molecule is CNCCCNC(=O)c1ccsc1NC(=O)c1ccc(Cl)cc1O.Cl. The fraction of sp³-hybridized carbons (Fsp3) is 0.250. The maximum absolute atomic E-state index is 12.3. The molecule has 6 nitrogen and oxygen atoms in total. The number of thiophene rings is 1. The number of phenols is 1. The zero-order valence-electron chi connectivity index (χ0n) is 13.5. The third-order valence-corrected chi connectivity index (χ3v) is 4.30. The Hall–Kier alpha value is -1.80. The predicted molar refractivity (Wildman–Crippen MR) is 104 cm³/mol. The molecule has 0 saturated heterocycles. The van der Waals surface area contributed by atoms with Crippen LogP contribution < -0.4 is 16.0 Å². The van der Waals surface area contributed by atoms with Gasteiger partial charge in [-0.3, -0.25) is 9.59 Å². The average Bonchev–Trinajstić information content (AvgIpc) is 2.99. The van der Waals surface area contributed by atoms with Crippen LogP contribution >= 0.6 is 35.3 Å². The molecule has 0 aliphatic carbocycles. The van der Waals surface area contributed by atoms with Crippen molar-refractivity contribution in [3.8, 4) is 5.75 Å². The van der Waals surface area contributed by atoms with Crippen molar-refractivity contribution in [2.24, 2.45) is 0 Å². The summed E-state index contributed by atoms with van der Waals surface area (Å²) in [7, 11) is 1.85. The Bertz CT molecular complexity index is 737. The number of phenolic OH excluding ortho intramolecular Hbond substituents is 1. The number of anilines is 1. The topological polar surface area (TPSA) is 90.5 Å². The minimum Gasteiger partial charge on any atom is -0.507 e. The molecule has 2 aromatic rings. The number of nitrogens with one attached hydrogen (secondary N) is 3. The molecule has 1 aromatic heterocycles. The van der Waals surface area contributed by atoms with Crippen LogP contribution in [0.1, 0.15) is 27.1 Å². The molecule has 0 saturated carbocycles. The maximum atomic E-state index is 12.3. The van der Waals surface area contributed by atoms with Gasteiger partial charge in [0.25, 0.3) is 11.8 Å². The van der Waals surface area contributed by atoms with Crippen molar-refractivity contribution in [3.05, 3.63) is 45.8 Å². The van der Waals surface area contributed by atoms with Crippen LogP contribution in [-0.2, 0) is 0 Å². The molecule has 0 bridgehead atoms. The summed E-state index contributed by atoms with van der Waals surface area (Å²) in [4.78, 5) is 24.4. The number of carbonyl (C=O) groups excluding carboxylic acids is 2. The van der Waals surface area contributed by atoms with Gasteiger partial charge in [0.05, 0.1) is 11.1 Å². The lowest BCUT2D eigenvalue weighted by Crippen LogP contribution is -2.27. The standard InChI is InChI=1S/C16H18ClN3O3S.ClH/c1-18-6-2-7-19-14(22)12-5-8-24-16(12)20-15(23)11-4-3-10(17)9-13(11)21;/h3-5,8-9,18,21H,2,6-7H2,1H3,(H,19,22)(H,20,23);1H. The summed E-state index contributed by atoms with van der Waals surface area (Å²) in [6.45, 7) is 1.35. The monoisotopic (exact) mass is 403 g/mol. The van der Waals surface area contributed by atoms with Crippen LogP contribution in [0.15, 0.2) is 29.6 Å². The Kier molecular flexibility index (Phi) is 8.71. The fourth-order valence-electron chi connectivity index (χ4n) is 2.01. The summed E-state index contributed by atoms with van der Waals surface area (Å²) >= 11 is 7.00. The second-order valence-corrected chi connectivity index (χ2v) is 6.34. The first-order chi connectivity index (χ1) is 11.5. The lowest BCUT2D eigenvalue weighted by Gasteiger charge is -2.09. The average molecular weight is 404 g/mol. The second kappa shape index (κ2) is 10.2. The Morgan fingerprint density at radius 1 is 1.16 bits per heavy atom. The van der Waals surface area contributed by atoms with E-state index in [1.165, 1.54) is 29.5 Å². The van der Waals surface area contributed by atoms with Crippen molar-refractivity contribution < 1.29 is 14.7 Å². The van der Waals surface area contributed by atoms with E-state index in [-0.39, 0.29) is 29.6 Å². The zero-order chi connectivity index (χ0) is 17.5. The molecule has 2 rings (SSSR count). The molecule has 0 unspecified atom stereocenters. The number of hydrogen-bond donors (Lipinski definition) is 4. The fourth-order valence-corrected chi connectivity index (χ4v) is 2.96. The highest BCUT2D eigenvalue weighted by molar-refractivity contribution is 7.14. The second-order valence-electron chi connectivity index (χ2n) is 4.99. The molecule has 25 heavy (non-hydrogen) atoms. The Balaban J connectivity index is 0.00000312. The molecule has 0 fully saturated rings. The largest absolute Gasteiger partial charge is 0.507 e. The van der Waals surface area contributed by atoms with Crippen molar-refractivity contribution in [3.63, 3.8) is 0 Å². The van der Waals surface area contributed by atoms with Gasteiger partial charge in [0, 0.05) is 11.6 Å². The van der Waals surface area contributed by atoms with Gasteiger partial charge in [-0.05, 0) is 49.7 Å². The molecule has 0 aliphatic rings. The molecule has 9 heteroatoms. The summed E-state index contributed by atoms with van der Waals surface area (Å²) in [6, 6.07) is 5.88. The Morgan fingerprint density at radius 3 is 2.60 bits per heavy atom. The number of carbonyl (C=O) groups is 2. The summed E-state index contributed by atoms with van der Waals surface area (Å²) in [5.74, 6) is -0.964. The van der Waals surface area contributed by atoms with Crippen LogP contribution in [0, 0.1) is 0 Å². The molecular weight excluding hydrogens is 385 g/mol. The van der Waals surface area contributed by atoms with E-state index in [0.29, 0.717) is 22.1 Å². The van der Waals surface area contributed by atoms with E-state index in [1.54, 1.807) is 11.4 Å². The maximum Gasteiger partial charge on any atom is 0.260 e. The van der Waals surface area contributed by atoms with Crippen LogP contribution in [0.2, 0.25) is 5.02 Å². The van der Waals surface area contributed by atoms with Gasteiger partial charge >= 0.3 is 0 Å². The van der Waals surface area contributed by atoms with Crippen LogP contribution in [0.5, 0.6) is 5.75 Å². The van der Waals surface area contributed by atoms with Gasteiger partial charge in [0.15, 0.2) is 0 Å². The molecule has 2 amide bonds. The summed E-state index contributed by atoms with van der Waals surface area (Å²) in [5, 5.41) is 20.8. The van der Waals surface area contributed by atoms with Gasteiger partial charge in [-0.2, -0.15) is 0 Å². The van der Waals surface area contributed by atoms with Crippen LogP contribution in [0.4, 0.5) is 5.00 Å². The Labute approximate surface area is 161 Å². The number of amides is 2. The summed E-state index contributed by atoms with van der Waals surface area (Å²) in [5.41, 5.74) is 0.486. The van der Waals surface area contributed by atoms with Gasteiger partial charge in [0.1, 0.15) is 10.8 Å².